The standard InChI is InChI=1S/C33H32O3/c34-33(35)21-7-5-3-1-2-4-6-14-24-36-32-25-28-22-23-31(32)30-20-13-11-18-27(30)17-9-8-15-26-16-10-12-19-29(26)28/h10-13,16,18-20,22-23,25H,1-7,14,21,24H2,(H,34,35). The van der Waals surface area contributed by atoms with Crippen molar-refractivity contribution in [3.63, 3.8) is 0 Å². The van der Waals surface area contributed by atoms with Crippen molar-refractivity contribution < 1.29 is 14.6 Å². The Morgan fingerprint density at radius 1 is 0.667 bits per heavy atom. The highest BCUT2D eigenvalue weighted by Crippen LogP contribution is 2.37. The molecule has 36 heavy (non-hydrogen) atoms. The van der Waals surface area contributed by atoms with Gasteiger partial charge in [-0.1, -0.05) is 92.8 Å². The number of hydrogen-bond donors (Lipinski definition) is 1. The largest absolute Gasteiger partial charge is 0.493 e. The fourth-order valence-electron chi connectivity index (χ4n) is 4.52. The van der Waals surface area contributed by atoms with E-state index in [2.05, 4.69) is 54.0 Å². The first-order valence-corrected chi connectivity index (χ1v) is 12.9. The van der Waals surface area contributed by atoms with Crippen molar-refractivity contribution >= 4 is 5.97 Å². The zero-order valence-corrected chi connectivity index (χ0v) is 20.7. The summed E-state index contributed by atoms with van der Waals surface area (Å²) < 4.78 is 6.39. The number of benzene rings is 3. The molecule has 0 fully saturated rings. The van der Waals surface area contributed by atoms with Crippen molar-refractivity contribution in [3.05, 3.63) is 77.9 Å². The van der Waals surface area contributed by atoms with Crippen molar-refractivity contribution in [2.24, 2.45) is 0 Å². The predicted octanol–water partition coefficient (Wildman–Crippen LogP) is 7.71. The number of unbranched alkanes of at least 4 members (excludes halogenated alkanes) is 7. The van der Waals surface area contributed by atoms with E-state index in [1.54, 1.807) is 0 Å². The third-order valence-corrected chi connectivity index (χ3v) is 6.44. The molecule has 2 aliphatic rings. The maximum Gasteiger partial charge on any atom is 0.303 e. The third-order valence-electron chi connectivity index (χ3n) is 6.44. The molecule has 0 radical (unpaired) electrons. The van der Waals surface area contributed by atoms with E-state index in [0.29, 0.717) is 6.61 Å². The third kappa shape index (κ3) is 7.03. The molecule has 2 bridgehead atoms. The normalized spacial score (nSPS) is 11.0. The summed E-state index contributed by atoms with van der Waals surface area (Å²) in [5, 5.41) is 8.70. The van der Waals surface area contributed by atoms with Gasteiger partial charge in [-0.3, -0.25) is 4.79 Å². The van der Waals surface area contributed by atoms with Gasteiger partial charge in [-0.15, -0.1) is 0 Å². The van der Waals surface area contributed by atoms with Crippen molar-refractivity contribution in [1.82, 2.24) is 0 Å². The topological polar surface area (TPSA) is 46.5 Å². The van der Waals surface area contributed by atoms with Gasteiger partial charge in [0, 0.05) is 28.7 Å². The number of rotatable bonds is 12. The van der Waals surface area contributed by atoms with Gasteiger partial charge in [0.1, 0.15) is 5.75 Å². The molecule has 0 atom stereocenters. The molecule has 3 heteroatoms. The first-order chi connectivity index (χ1) is 17.7. The van der Waals surface area contributed by atoms with Crippen LogP contribution in [0.4, 0.5) is 0 Å². The Morgan fingerprint density at radius 2 is 1.25 bits per heavy atom. The molecule has 0 spiro atoms. The van der Waals surface area contributed by atoms with E-state index in [0.717, 1.165) is 71.2 Å². The Labute approximate surface area is 214 Å². The van der Waals surface area contributed by atoms with Crippen LogP contribution in [0, 0.1) is 23.7 Å². The molecule has 182 valence electrons. The molecular formula is C33H32O3. The highest BCUT2D eigenvalue weighted by molar-refractivity contribution is 5.82. The van der Waals surface area contributed by atoms with E-state index >= 15 is 0 Å². The summed E-state index contributed by atoms with van der Waals surface area (Å²) in [6.07, 6.45) is 8.89. The minimum atomic E-state index is -0.693. The van der Waals surface area contributed by atoms with Crippen LogP contribution >= 0.6 is 0 Å². The summed E-state index contributed by atoms with van der Waals surface area (Å²) >= 11 is 0. The lowest BCUT2D eigenvalue weighted by Gasteiger charge is -2.16. The summed E-state index contributed by atoms with van der Waals surface area (Å²) in [5.74, 6) is 12.7. The average molecular weight is 477 g/mol. The van der Waals surface area contributed by atoms with Crippen molar-refractivity contribution in [2.75, 3.05) is 6.61 Å². The zero-order chi connectivity index (χ0) is 25.0. The van der Waals surface area contributed by atoms with Gasteiger partial charge in [0.15, 0.2) is 0 Å². The van der Waals surface area contributed by atoms with E-state index in [1.165, 1.54) is 19.3 Å². The maximum atomic E-state index is 10.6. The van der Waals surface area contributed by atoms with Crippen LogP contribution < -0.4 is 4.74 Å². The SMILES string of the molecule is O=C(O)CCCCCCCCCCOc1cc2ccc1-c1ccccc1C#CC#Cc1ccccc1-2. The van der Waals surface area contributed by atoms with Crippen molar-refractivity contribution in [3.8, 4) is 51.7 Å². The average Bonchev–Trinajstić information content (AvgIpc) is 2.89. The van der Waals surface area contributed by atoms with Crippen LogP contribution in [-0.2, 0) is 4.79 Å². The van der Waals surface area contributed by atoms with Crippen LogP contribution in [0.2, 0.25) is 0 Å². The molecule has 3 nitrogen and oxygen atoms in total. The molecule has 3 aromatic rings. The Bertz CT molecular complexity index is 1310. The number of aliphatic carboxylic acids is 1. The summed E-state index contributed by atoms with van der Waals surface area (Å²) in [6, 6.07) is 22.7. The second-order valence-electron chi connectivity index (χ2n) is 9.12. The molecule has 0 amide bonds. The number of carboxylic acid groups (broad SMARTS) is 1. The molecule has 0 saturated carbocycles. The summed E-state index contributed by atoms with van der Waals surface area (Å²) in [6.45, 7) is 0.671. The number of ether oxygens (including phenoxy) is 1. The van der Waals surface area contributed by atoms with Gasteiger partial charge in [-0.2, -0.15) is 0 Å². The quantitative estimate of drug-likeness (QED) is 0.215. The Morgan fingerprint density at radius 3 is 1.94 bits per heavy atom. The van der Waals surface area contributed by atoms with E-state index < -0.39 is 5.97 Å². The Kier molecular flexibility index (Phi) is 9.24. The zero-order valence-electron chi connectivity index (χ0n) is 20.7. The highest BCUT2D eigenvalue weighted by Gasteiger charge is 2.13. The summed E-state index contributed by atoms with van der Waals surface area (Å²) in [4.78, 5) is 10.6. The van der Waals surface area contributed by atoms with E-state index in [9.17, 15) is 4.79 Å². The van der Waals surface area contributed by atoms with Gasteiger partial charge >= 0.3 is 5.97 Å². The van der Waals surface area contributed by atoms with Gasteiger partial charge in [-0.05, 0) is 60.1 Å². The molecular weight excluding hydrogens is 444 g/mol. The lowest BCUT2D eigenvalue weighted by Crippen LogP contribution is -2.00. The second-order valence-corrected chi connectivity index (χ2v) is 9.12. The van der Waals surface area contributed by atoms with Crippen LogP contribution in [-0.4, -0.2) is 17.7 Å². The summed E-state index contributed by atoms with van der Waals surface area (Å²) in [5.41, 5.74) is 6.19. The number of carbonyl (C=O) groups is 1. The fourth-order valence-corrected chi connectivity index (χ4v) is 4.52. The highest BCUT2D eigenvalue weighted by atomic mass is 16.5. The van der Waals surface area contributed by atoms with Crippen LogP contribution in [0.25, 0.3) is 22.3 Å². The van der Waals surface area contributed by atoms with E-state index in [1.807, 2.05) is 36.4 Å². The lowest BCUT2D eigenvalue weighted by molar-refractivity contribution is -0.137. The Hall–Kier alpha value is -3.95. The van der Waals surface area contributed by atoms with Crippen LogP contribution in [0.5, 0.6) is 5.75 Å². The van der Waals surface area contributed by atoms with Gasteiger partial charge < -0.3 is 9.84 Å². The lowest BCUT2D eigenvalue weighted by atomic mass is 9.94. The van der Waals surface area contributed by atoms with Gasteiger partial charge in [0.25, 0.3) is 0 Å². The molecule has 0 saturated heterocycles. The minimum Gasteiger partial charge on any atom is -0.493 e. The molecule has 0 aromatic heterocycles. The molecule has 1 N–H and O–H groups in total. The number of fused-ring (bicyclic) bond motifs is 3. The minimum absolute atomic E-state index is 0.288. The van der Waals surface area contributed by atoms with Crippen molar-refractivity contribution in [2.45, 2.75) is 57.8 Å². The van der Waals surface area contributed by atoms with Crippen LogP contribution in [0.15, 0.2) is 66.7 Å². The second kappa shape index (κ2) is 13.2. The van der Waals surface area contributed by atoms with Gasteiger partial charge in [0.05, 0.1) is 6.61 Å². The smallest absolute Gasteiger partial charge is 0.303 e. The maximum absolute atomic E-state index is 10.6. The summed E-state index contributed by atoms with van der Waals surface area (Å²) in [7, 11) is 0. The predicted molar refractivity (Wildman–Crippen MR) is 146 cm³/mol. The van der Waals surface area contributed by atoms with Gasteiger partial charge in [-0.25, -0.2) is 0 Å². The Balaban J connectivity index is 1.42. The monoisotopic (exact) mass is 476 g/mol. The van der Waals surface area contributed by atoms with Gasteiger partial charge in [0.2, 0.25) is 0 Å². The number of hydrogen-bond acceptors (Lipinski definition) is 2. The fraction of sp³-hybridized carbons (Fsp3) is 0.303. The first-order valence-electron chi connectivity index (χ1n) is 12.9. The molecule has 0 unspecified atom stereocenters. The van der Waals surface area contributed by atoms with E-state index in [4.69, 9.17) is 9.84 Å². The van der Waals surface area contributed by atoms with Crippen LogP contribution in [0.3, 0.4) is 0 Å². The molecule has 2 aliphatic carbocycles. The molecule has 3 aromatic carbocycles. The molecule has 0 heterocycles. The molecule has 0 aliphatic heterocycles. The van der Waals surface area contributed by atoms with Crippen molar-refractivity contribution in [1.29, 1.82) is 0 Å². The first kappa shape index (κ1) is 25.2. The van der Waals surface area contributed by atoms with E-state index in [-0.39, 0.29) is 6.42 Å². The van der Waals surface area contributed by atoms with Crippen LogP contribution in [0.1, 0.15) is 68.9 Å². The number of carboxylic acids is 1. The molecule has 5 rings (SSSR count).